The predicted octanol–water partition coefficient (Wildman–Crippen LogP) is 4.14. The number of hydrogen-bond donors (Lipinski definition) is 2. The van der Waals surface area contributed by atoms with Gasteiger partial charge in [0.2, 0.25) is 5.95 Å². The van der Waals surface area contributed by atoms with Gasteiger partial charge in [-0.25, -0.2) is 9.97 Å². The molecule has 0 unspecified atom stereocenters. The van der Waals surface area contributed by atoms with Crippen molar-refractivity contribution >= 4 is 34.8 Å². The standard InChI is InChI=1S/C19H17ClN4O3/c1-26-14-6-7-17(27-2)16(11-14)23-18(25)15-8-9-21-19(24-15)22-13-5-3-4-12(20)10-13/h3-11H,1-2H3,(H,23,25)(H,21,22,24). The van der Waals surface area contributed by atoms with Gasteiger partial charge in [-0.1, -0.05) is 17.7 Å². The maximum Gasteiger partial charge on any atom is 0.274 e. The molecule has 2 N–H and O–H groups in total. The summed E-state index contributed by atoms with van der Waals surface area (Å²) >= 11 is 5.97. The van der Waals surface area contributed by atoms with E-state index in [9.17, 15) is 4.79 Å². The third-order valence-corrected chi connectivity index (χ3v) is 3.86. The van der Waals surface area contributed by atoms with E-state index in [-0.39, 0.29) is 11.6 Å². The molecule has 0 radical (unpaired) electrons. The fourth-order valence-corrected chi connectivity index (χ4v) is 2.53. The van der Waals surface area contributed by atoms with Crippen LogP contribution in [0.2, 0.25) is 5.02 Å². The molecule has 7 nitrogen and oxygen atoms in total. The molecule has 1 amide bonds. The van der Waals surface area contributed by atoms with Crippen molar-refractivity contribution in [3.8, 4) is 11.5 Å². The highest BCUT2D eigenvalue weighted by Gasteiger charge is 2.13. The molecule has 3 aromatic rings. The Morgan fingerprint density at radius 3 is 2.67 bits per heavy atom. The van der Waals surface area contributed by atoms with E-state index in [2.05, 4.69) is 20.6 Å². The van der Waals surface area contributed by atoms with Crippen LogP contribution in [0.4, 0.5) is 17.3 Å². The second-order valence-corrected chi connectivity index (χ2v) is 5.86. The van der Waals surface area contributed by atoms with Crippen LogP contribution in [0.3, 0.4) is 0 Å². The minimum atomic E-state index is -0.405. The number of methoxy groups -OCH3 is 2. The molecule has 1 aromatic heterocycles. The lowest BCUT2D eigenvalue weighted by Crippen LogP contribution is -2.15. The van der Waals surface area contributed by atoms with Crippen LogP contribution >= 0.6 is 11.6 Å². The highest BCUT2D eigenvalue weighted by Crippen LogP contribution is 2.29. The highest BCUT2D eigenvalue weighted by atomic mass is 35.5. The van der Waals surface area contributed by atoms with Crippen molar-refractivity contribution in [3.63, 3.8) is 0 Å². The maximum absolute atomic E-state index is 12.6. The molecule has 0 fully saturated rings. The number of benzene rings is 2. The Morgan fingerprint density at radius 1 is 1.07 bits per heavy atom. The van der Waals surface area contributed by atoms with Crippen molar-refractivity contribution in [2.75, 3.05) is 24.9 Å². The fourth-order valence-electron chi connectivity index (χ4n) is 2.34. The Labute approximate surface area is 161 Å². The van der Waals surface area contributed by atoms with E-state index in [1.54, 1.807) is 43.5 Å². The number of amides is 1. The molecule has 3 rings (SSSR count). The molecule has 0 bridgehead atoms. The van der Waals surface area contributed by atoms with Crippen LogP contribution in [0.1, 0.15) is 10.5 Å². The molecule has 27 heavy (non-hydrogen) atoms. The molecule has 0 aliphatic heterocycles. The van der Waals surface area contributed by atoms with Gasteiger partial charge in [0.25, 0.3) is 5.91 Å². The average Bonchev–Trinajstić information content (AvgIpc) is 2.68. The number of hydrogen-bond acceptors (Lipinski definition) is 6. The Morgan fingerprint density at radius 2 is 1.93 bits per heavy atom. The van der Waals surface area contributed by atoms with Gasteiger partial charge in [-0.2, -0.15) is 0 Å². The van der Waals surface area contributed by atoms with Crippen LogP contribution in [0.15, 0.2) is 54.7 Å². The van der Waals surface area contributed by atoms with E-state index in [1.165, 1.54) is 19.4 Å². The topological polar surface area (TPSA) is 85.4 Å². The second kappa shape index (κ2) is 8.37. The molecule has 138 valence electrons. The number of carbonyl (C=O) groups excluding carboxylic acids is 1. The van der Waals surface area contributed by atoms with E-state index in [0.29, 0.717) is 22.2 Å². The van der Waals surface area contributed by atoms with E-state index in [1.807, 2.05) is 6.07 Å². The molecule has 0 atom stereocenters. The first-order valence-corrected chi connectivity index (χ1v) is 8.36. The molecule has 0 saturated carbocycles. The van der Waals surface area contributed by atoms with Crippen LogP contribution in [-0.2, 0) is 0 Å². The average molecular weight is 385 g/mol. The molecule has 2 aromatic carbocycles. The van der Waals surface area contributed by atoms with E-state index in [4.69, 9.17) is 21.1 Å². The molecule has 0 aliphatic carbocycles. The number of aromatic nitrogens is 2. The summed E-state index contributed by atoms with van der Waals surface area (Å²) in [7, 11) is 3.07. The van der Waals surface area contributed by atoms with Crippen LogP contribution in [-0.4, -0.2) is 30.1 Å². The zero-order chi connectivity index (χ0) is 19.2. The minimum Gasteiger partial charge on any atom is -0.497 e. The molecule has 8 heteroatoms. The summed E-state index contributed by atoms with van der Waals surface area (Å²) in [6, 6.07) is 13.8. The second-order valence-electron chi connectivity index (χ2n) is 5.42. The lowest BCUT2D eigenvalue weighted by molar-refractivity contribution is 0.102. The smallest absolute Gasteiger partial charge is 0.274 e. The van der Waals surface area contributed by atoms with Crippen LogP contribution < -0.4 is 20.1 Å². The summed E-state index contributed by atoms with van der Waals surface area (Å²) < 4.78 is 10.5. The predicted molar refractivity (Wildman–Crippen MR) is 104 cm³/mol. The first kappa shape index (κ1) is 18.5. The number of ether oxygens (including phenoxy) is 2. The highest BCUT2D eigenvalue weighted by molar-refractivity contribution is 6.30. The SMILES string of the molecule is COc1ccc(OC)c(NC(=O)c2ccnc(Nc3cccc(Cl)c3)n2)c1. The zero-order valence-electron chi connectivity index (χ0n) is 14.7. The normalized spacial score (nSPS) is 10.2. The number of nitrogens with zero attached hydrogens (tertiary/aromatic N) is 2. The molecule has 0 spiro atoms. The summed E-state index contributed by atoms with van der Waals surface area (Å²) in [5, 5.41) is 6.37. The monoisotopic (exact) mass is 384 g/mol. The fraction of sp³-hybridized carbons (Fsp3) is 0.105. The van der Waals surface area contributed by atoms with Crippen molar-refractivity contribution in [1.29, 1.82) is 0 Å². The molecule has 0 aliphatic rings. The number of anilines is 3. The van der Waals surface area contributed by atoms with Gasteiger partial charge < -0.3 is 20.1 Å². The Balaban J connectivity index is 1.80. The van der Waals surface area contributed by atoms with Crippen molar-refractivity contribution in [3.05, 3.63) is 65.4 Å². The first-order chi connectivity index (χ1) is 13.1. The van der Waals surface area contributed by atoms with Gasteiger partial charge in [0.1, 0.15) is 17.2 Å². The van der Waals surface area contributed by atoms with Crippen molar-refractivity contribution in [1.82, 2.24) is 9.97 Å². The Bertz CT molecular complexity index is 965. The quantitative estimate of drug-likeness (QED) is 0.664. The lowest BCUT2D eigenvalue weighted by Gasteiger charge is -2.12. The largest absolute Gasteiger partial charge is 0.497 e. The van der Waals surface area contributed by atoms with Crippen LogP contribution in [0.25, 0.3) is 0 Å². The van der Waals surface area contributed by atoms with Gasteiger partial charge in [-0.05, 0) is 36.4 Å². The summed E-state index contributed by atoms with van der Waals surface area (Å²) in [5.41, 5.74) is 1.39. The van der Waals surface area contributed by atoms with Crippen molar-refractivity contribution < 1.29 is 14.3 Å². The Hall–Kier alpha value is -3.32. The summed E-state index contributed by atoms with van der Waals surface area (Å²) in [6.45, 7) is 0. The molecular formula is C19H17ClN4O3. The molecular weight excluding hydrogens is 368 g/mol. The van der Waals surface area contributed by atoms with Gasteiger partial charge in [0.05, 0.1) is 19.9 Å². The van der Waals surface area contributed by atoms with E-state index in [0.717, 1.165) is 5.69 Å². The van der Waals surface area contributed by atoms with Crippen LogP contribution in [0.5, 0.6) is 11.5 Å². The minimum absolute atomic E-state index is 0.194. The van der Waals surface area contributed by atoms with Gasteiger partial charge in [0, 0.05) is 23.0 Å². The van der Waals surface area contributed by atoms with Gasteiger partial charge in [-0.15, -0.1) is 0 Å². The molecule has 1 heterocycles. The lowest BCUT2D eigenvalue weighted by atomic mass is 10.2. The molecule has 0 saturated heterocycles. The number of halogens is 1. The zero-order valence-corrected chi connectivity index (χ0v) is 15.4. The maximum atomic E-state index is 12.6. The third-order valence-electron chi connectivity index (χ3n) is 3.62. The van der Waals surface area contributed by atoms with E-state index < -0.39 is 5.91 Å². The third kappa shape index (κ3) is 4.65. The summed E-state index contributed by atoms with van der Waals surface area (Å²) in [4.78, 5) is 21.0. The first-order valence-electron chi connectivity index (χ1n) is 7.98. The number of rotatable bonds is 6. The van der Waals surface area contributed by atoms with Gasteiger partial charge in [0.15, 0.2) is 0 Å². The van der Waals surface area contributed by atoms with Crippen molar-refractivity contribution in [2.45, 2.75) is 0 Å². The number of nitrogens with one attached hydrogen (secondary N) is 2. The van der Waals surface area contributed by atoms with E-state index >= 15 is 0 Å². The summed E-state index contributed by atoms with van der Waals surface area (Å²) in [6.07, 6.45) is 1.50. The van der Waals surface area contributed by atoms with Crippen molar-refractivity contribution in [2.24, 2.45) is 0 Å². The van der Waals surface area contributed by atoms with Gasteiger partial charge >= 0.3 is 0 Å². The number of carbonyl (C=O) groups is 1. The summed E-state index contributed by atoms with van der Waals surface area (Å²) in [5.74, 6) is 0.980. The van der Waals surface area contributed by atoms with Gasteiger partial charge in [-0.3, -0.25) is 4.79 Å². The Kier molecular flexibility index (Phi) is 5.73. The van der Waals surface area contributed by atoms with Crippen LogP contribution in [0, 0.1) is 0 Å².